The predicted octanol–water partition coefficient (Wildman–Crippen LogP) is 2.45. The summed E-state index contributed by atoms with van der Waals surface area (Å²) < 4.78 is 5.32. The van der Waals surface area contributed by atoms with Gasteiger partial charge in [-0.25, -0.2) is 9.97 Å². The first-order valence-corrected chi connectivity index (χ1v) is 8.75. The van der Waals surface area contributed by atoms with Gasteiger partial charge in [-0.3, -0.25) is 4.79 Å². The number of carbonyl (C=O) groups is 1. The van der Waals surface area contributed by atoms with Crippen molar-refractivity contribution in [2.24, 2.45) is 0 Å². The molecule has 1 aromatic heterocycles. The van der Waals surface area contributed by atoms with E-state index < -0.39 is 0 Å². The van der Waals surface area contributed by atoms with Crippen molar-refractivity contribution >= 4 is 11.9 Å². The molecule has 2 heterocycles. The van der Waals surface area contributed by atoms with Gasteiger partial charge in [0.05, 0.1) is 12.7 Å². The Bertz CT molecular complexity index is 697. The van der Waals surface area contributed by atoms with Crippen LogP contribution in [0.25, 0.3) is 0 Å². The standard InChI is InChI=1S/C19H24N4O2/c1-25-17-8-4-3-7-15(17)9-10-20-18(24)16-13-21-19(22-14-16)23-11-5-2-6-12-23/h3-4,7-8,13-14H,2,5-6,9-12H2,1H3,(H,20,24). The molecule has 132 valence electrons. The molecule has 1 aliphatic rings. The fourth-order valence-electron chi connectivity index (χ4n) is 3.02. The van der Waals surface area contributed by atoms with Crippen molar-refractivity contribution < 1.29 is 9.53 Å². The number of methoxy groups -OCH3 is 1. The summed E-state index contributed by atoms with van der Waals surface area (Å²) in [5, 5.41) is 2.91. The van der Waals surface area contributed by atoms with Crippen LogP contribution in [0.3, 0.4) is 0 Å². The molecule has 0 atom stereocenters. The Kier molecular flexibility index (Phi) is 5.82. The second kappa shape index (κ2) is 8.46. The van der Waals surface area contributed by atoms with Crippen molar-refractivity contribution in [3.8, 4) is 5.75 Å². The number of hydrogen-bond donors (Lipinski definition) is 1. The zero-order valence-corrected chi connectivity index (χ0v) is 14.6. The van der Waals surface area contributed by atoms with Crippen molar-refractivity contribution in [3.63, 3.8) is 0 Å². The van der Waals surface area contributed by atoms with Crippen LogP contribution in [0.1, 0.15) is 35.2 Å². The van der Waals surface area contributed by atoms with Gasteiger partial charge < -0.3 is 15.0 Å². The molecule has 2 aromatic rings. The number of carbonyl (C=O) groups excluding carboxylic acids is 1. The first-order valence-electron chi connectivity index (χ1n) is 8.75. The second-order valence-electron chi connectivity index (χ2n) is 6.14. The fraction of sp³-hybridized carbons (Fsp3) is 0.421. The zero-order chi connectivity index (χ0) is 17.5. The molecule has 1 fully saturated rings. The maximum atomic E-state index is 12.2. The molecule has 0 unspecified atom stereocenters. The lowest BCUT2D eigenvalue weighted by Gasteiger charge is -2.26. The average molecular weight is 340 g/mol. The number of anilines is 1. The van der Waals surface area contributed by atoms with Gasteiger partial charge in [0.2, 0.25) is 5.95 Å². The van der Waals surface area contributed by atoms with Crippen LogP contribution in [-0.2, 0) is 6.42 Å². The van der Waals surface area contributed by atoms with E-state index in [4.69, 9.17) is 4.74 Å². The Morgan fingerprint density at radius 3 is 2.60 bits per heavy atom. The number of amides is 1. The van der Waals surface area contributed by atoms with E-state index in [1.54, 1.807) is 19.5 Å². The first kappa shape index (κ1) is 17.2. The van der Waals surface area contributed by atoms with Crippen LogP contribution in [-0.4, -0.2) is 42.6 Å². The predicted molar refractivity (Wildman–Crippen MR) is 97.1 cm³/mol. The minimum atomic E-state index is -0.153. The van der Waals surface area contributed by atoms with E-state index in [0.717, 1.165) is 24.4 Å². The number of aromatic nitrogens is 2. The van der Waals surface area contributed by atoms with E-state index in [1.165, 1.54) is 19.3 Å². The molecular weight excluding hydrogens is 316 g/mol. The van der Waals surface area contributed by atoms with Crippen LogP contribution in [0.5, 0.6) is 5.75 Å². The SMILES string of the molecule is COc1ccccc1CCNC(=O)c1cnc(N2CCCCC2)nc1. The highest BCUT2D eigenvalue weighted by atomic mass is 16.5. The molecule has 0 aliphatic carbocycles. The third-order valence-electron chi connectivity index (χ3n) is 4.41. The summed E-state index contributed by atoms with van der Waals surface area (Å²) in [6, 6.07) is 7.82. The summed E-state index contributed by atoms with van der Waals surface area (Å²) in [4.78, 5) is 23.1. The number of nitrogens with one attached hydrogen (secondary N) is 1. The van der Waals surface area contributed by atoms with Crippen LogP contribution in [0.2, 0.25) is 0 Å². The Balaban J connectivity index is 1.52. The topological polar surface area (TPSA) is 67.3 Å². The summed E-state index contributed by atoms with van der Waals surface area (Å²) in [5.74, 6) is 1.40. The van der Waals surface area contributed by atoms with E-state index >= 15 is 0 Å². The summed E-state index contributed by atoms with van der Waals surface area (Å²) in [7, 11) is 1.65. The van der Waals surface area contributed by atoms with E-state index in [9.17, 15) is 4.79 Å². The van der Waals surface area contributed by atoms with Gasteiger partial charge in [-0.2, -0.15) is 0 Å². The Labute approximate surface area is 148 Å². The van der Waals surface area contributed by atoms with E-state index in [0.29, 0.717) is 24.5 Å². The zero-order valence-electron chi connectivity index (χ0n) is 14.6. The van der Waals surface area contributed by atoms with Crippen LogP contribution >= 0.6 is 0 Å². The monoisotopic (exact) mass is 340 g/mol. The lowest BCUT2D eigenvalue weighted by atomic mass is 10.1. The van der Waals surface area contributed by atoms with Crippen molar-refractivity contribution in [2.75, 3.05) is 31.6 Å². The van der Waals surface area contributed by atoms with Crippen molar-refractivity contribution in [1.29, 1.82) is 0 Å². The lowest BCUT2D eigenvalue weighted by Crippen LogP contribution is -2.31. The summed E-state index contributed by atoms with van der Waals surface area (Å²) in [5.41, 5.74) is 1.56. The van der Waals surface area contributed by atoms with Crippen LogP contribution < -0.4 is 15.0 Å². The van der Waals surface area contributed by atoms with Gasteiger partial charge in [0, 0.05) is 32.0 Å². The lowest BCUT2D eigenvalue weighted by molar-refractivity contribution is 0.0953. The molecule has 6 heteroatoms. The molecule has 1 amide bonds. The van der Waals surface area contributed by atoms with Gasteiger partial charge >= 0.3 is 0 Å². The maximum absolute atomic E-state index is 12.2. The smallest absolute Gasteiger partial charge is 0.254 e. The summed E-state index contributed by atoms with van der Waals surface area (Å²) in [6.45, 7) is 2.52. The molecule has 0 saturated carbocycles. The van der Waals surface area contributed by atoms with Gasteiger partial charge in [0.1, 0.15) is 5.75 Å². The molecule has 0 radical (unpaired) electrons. The number of benzene rings is 1. The molecule has 0 bridgehead atoms. The average Bonchev–Trinajstić information content (AvgIpc) is 2.69. The highest BCUT2D eigenvalue weighted by Crippen LogP contribution is 2.17. The molecule has 1 aliphatic heterocycles. The van der Waals surface area contributed by atoms with Crippen molar-refractivity contribution in [2.45, 2.75) is 25.7 Å². The third kappa shape index (κ3) is 4.47. The van der Waals surface area contributed by atoms with Gasteiger partial charge in [-0.05, 0) is 37.3 Å². The summed E-state index contributed by atoms with van der Waals surface area (Å²) in [6.07, 6.45) is 7.54. The summed E-state index contributed by atoms with van der Waals surface area (Å²) >= 11 is 0. The molecule has 1 aromatic carbocycles. The molecular formula is C19H24N4O2. The number of nitrogens with zero attached hydrogens (tertiary/aromatic N) is 3. The molecule has 6 nitrogen and oxygen atoms in total. The molecule has 1 saturated heterocycles. The third-order valence-corrected chi connectivity index (χ3v) is 4.41. The Hall–Kier alpha value is -2.63. The minimum absolute atomic E-state index is 0.153. The van der Waals surface area contributed by atoms with E-state index in [1.807, 2.05) is 24.3 Å². The normalized spacial score (nSPS) is 14.2. The highest BCUT2D eigenvalue weighted by molar-refractivity contribution is 5.93. The van der Waals surface area contributed by atoms with Crippen LogP contribution in [0.15, 0.2) is 36.7 Å². The van der Waals surface area contributed by atoms with E-state index in [-0.39, 0.29) is 5.91 Å². The van der Waals surface area contributed by atoms with Gasteiger partial charge in [0.15, 0.2) is 0 Å². The fourth-order valence-corrected chi connectivity index (χ4v) is 3.02. The van der Waals surface area contributed by atoms with Gasteiger partial charge in [-0.1, -0.05) is 18.2 Å². The Morgan fingerprint density at radius 2 is 1.88 bits per heavy atom. The second-order valence-corrected chi connectivity index (χ2v) is 6.14. The van der Waals surface area contributed by atoms with Gasteiger partial charge in [-0.15, -0.1) is 0 Å². The number of hydrogen-bond acceptors (Lipinski definition) is 5. The Morgan fingerprint density at radius 1 is 1.16 bits per heavy atom. The van der Waals surface area contributed by atoms with Crippen molar-refractivity contribution in [3.05, 3.63) is 47.8 Å². The molecule has 1 N–H and O–H groups in total. The van der Waals surface area contributed by atoms with Crippen molar-refractivity contribution in [1.82, 2.24) is 15.3 Å². The first-order chi connectivity index (χ1) is 12.3. The van der Waals surface area contributed by atoms with E-state index in [2.05, 4.69) is 20.2 Å². The number of rotatable bonds is 6. The maximum Gasteiger partial charge on any atom is 0.254 e. The molecule has 3 rings (SSSR count). The number of para-hydroxylation sites is 1. The molecule has 25 heavy (non-hydrogen) atoms. The quantitative estimate of drug-likeness (QED) is 0.875. The van der Waals surface area contributed by atoms with Crippen LogP contribution in [0.4, 0.5) is 5.95 Å². The molecule has 0 spiro atoms. The van der Waals surface area contributed by atoms with Gasteiger partial charge in [0.25, 0.3) is 5.91 Å². The largest absolute Gasteiger partial charge is 0.496 e. The highest BCUT2D eigenvalue weighted by Gasteiger charge is 2.14. The minimum Gasteiger partial charge on any atom is -0.496 e. The number of piperidine rings is 1. The van der Waals surface area contributed by atoms with Crippen LogP contribution in [0, 0.1) is 0 Å². The number of ether oxygens (including phenoxy) is 1.